The Hall–Kier alpha value is -4.69. The largest absolute Gasteiger partial charge is 0.493 e. The third kappa shape index (κ3) is 7.40. The summed E-state index contributed by atoms with van der Waals surface area (Å²) < 4.78 is 20.3. The predicted octanol–water partition coefficient (Wildman–Crippen LogP) is 7.44. The maximum absolute atomic E-state index is 11.2. The number of imidazole rings is 1. The number of aromatic nitrogens is 2. The van der Waals surface area contributed by atoms with Gasteiger partial charge in [-0.15, -0.1) is 0 Å². The van der Waals surface area contributed by atoms with Gasteiger partial charge in [0.15, 0.2) is 0 Å². The zero-order valence-electron chi connectivity index (χ0n) is 24.4. The van der Waals surface area contributed by atoms with Crippen LogP contribution in [-0.2, 0) is 31.3 Å². The number of aryl methyl sites for hydroxylation is 4. The number of carboxylic acids is 1. The molecule has 0 radical (unpaired) electrons. The molecule has 4 aromatic carbocycles. The summed E-state index contributed by atoms with van der Waals surface area (Å²) in [5, 5.41) is 9.82. The van der Waals surface area contributed by atoms with E-state index in [-0.39, 0.29) is 6.42 Å². The highest BCUT2D eigenvalue weighted by Crippen LogP contribution is 2.31. The van der Waals surface area contributed by atoms with Crippen LogP contribution >= 0.6 is 11.6 Å². The highest BCUT2D eigenvalue weighted by Gasteiger charge is 2.13. The molecule has 1 aromatic heterocycles. The number of anilines is 1. The monoisotopic (exact) mass is 599 g/mol. The molecule has 0 aliphatic heterocycles. The van der Waals surface area contributed by atoms with Gasteiger partial charge < -0.3 is 29.6 Å². The molecule has 0 saturated heterocycles. The number of nitrogen functional groups attached to an aromatic ring is 1. The van der Waals surface area contributed by atoms with E-state index in [1.807, 2.05) is 98.3 Å². The van der Waals surface area contributed by atoms with Gasteiger partial charge in [-0.2, -0.15) is 0 Å². The van der Waals surface area contributed by atoms with Crippen molar-refractivity contribution in [3.8, 4) is 23.0 Å². The first kappa shape index (κ1) is 29.8. The topological polar surface area (TPSA) is 109 Å². The van der Waals surface area contributed by atoms with Gasteiger partial charge in [0.05, 0.1) is 17.6 Å². The van der Waals surface area contributed by atoms with Crippen molar-refractivity contribution >= 4 is 34.3 Å². The van der Waals surface area contributed by atoms with E-state index in [1.54, 1.807) is 0 Å². The Bertz CT molecular complexity index is 1740. The summed E-state index contributed by atoms with van der Waals surface area (Å²) in [5.41, 5.74) is 12.4. The van der Waals surface area contributed by atoms with Gasteiger partial charge in [-0.05, 0) is 85.0 Å². The average Bonchev–Trinajstić information content (AvgIpc) is 3.29. The normalized spacial score (nSPS) is 11.1. The third-order valence-corrected chi connectivity index (χ3v) is 7.55. The fourth-order valence-corrected chi connectivity index (χ4v) is 4.97. The van der Waals surface area contributed by atoms with Crippen molar-refractivity contribution in [2.45, 2.75) is 39.7 Å². The van der Waals surface area contributed by atoms with Crippen LogP contribution in [0.4, 0.5) is 5.69 Å². The number of aliphatic carboxylic acids is 1. The minimum atomic E-state index is -0.861. The number of nitrogens with two attached hydrogens (primary N) is 1. The number of ether oxygens (including phenoxy) is 3. The van der Waals surface area contributed by atoms with Crippen LogP contribution in [0, 0.1) is 13.8 Å². The van der Waals surface area contributed by atoms with Crippen molar-refractivity contribution in [3.63, 3.8) is 0 Å². The number of carboxylic acid groups (broad SMARTS) is 1. The van der Waals surface area contributed by atoms with E-state index in [9.17, 15) is 4.79 Å². The molecule has 3 N–H and O–H groups in total. The molecule has 0 spiro atoms. The predicted molar refractivity (Wildman–Crippen MR) is 168 cm³/mol. The van der Waals surface area contributed by atoms with E-state index in [4.69, 9.17) is 41.6 Å². The zero-order chi connectivity index (χ0) is 30.5. The minimum absolute atomic E-state index is 0.0102. The average molecular weight is 600 g/mol. The molecule has 5 aromatic rings. The Morgan fingerprint density at radius 1 is 0.907 bits per heavy atom. The molecule has 0 unspecified atom stereocenters. The van der Waals surface area contributed by atoms with Crippen LogP contribution in [-0.4, -0.2) is 27.2 Å². The first-order valence-corrected chi connectivity index (χ1v) is 14.4. The van der Waals surface area contributed by atoms with Crippen molar-refractivity contribution in [3.05, 3.63) is 106 Å². The lowest BCUT2D eigenvalue weighted by atomic mass is 10.1. The van der Waals surface area contributed by atoms with E-state index in [1.165, 1.54) is 0 Å². The van der Waals surface area contributed by atoms with Gasteiger partial charge >= 0.3 is 5.97 Å². The second-order valence-electron chi connectivity index (χ2n) is 10.5. The highest BCUT2D eigenvalue weighted by atomic mass is 35.5. The zero-order valence-corrected chi connectivity index (χ0v) is 25.1. The maximum atomic E-state index is 11.2. The van der Waals surface area contributed by atoms with Gasteiger partial charge in [0.25, 0.3) is 0 Å². The first-order chi connectivity index (χ1) is 20.7. The highest BCUT2D eigenvalue weighted by molar-refractivity contribution is 6.30. The Labute approximate surface area is 255 Å². The van der Waals surface area contributed by atoms with Crippen molar-refractivity contribution in [2.24, 2.45) is 7.05 Å². The van der Waals surface area contributed by atoms with Gasteiger partial charge in [-0.3, -0.25) is 4.79 Å². The van der Waals surface area contributed by atoms with E-state index in [0.29, 0.717) is 42.6 Å². The first-order valence-electron chi connectivity index (χ1n) is 14.0. The number of rotatable bonds is 12. The second kappa shape index (κ2) is 13.1. The van der Waals surface area contributed by atoms with Crippen molar-refractivity contribution < 1.29 is 24.1 Å². The summed E-state index contributed by atoms with van der Waals surface area (Å²) in [7, 11) is 1.98. The number of hydrogen-bond donors (Lipinski definition) is 2. The van der Waals surface area contributed by atoms with Crippen molar-refractivity contribution in [2.75, 3.05) is 12.3 Å². The molecule has 5 rings (SSSR count). The van der Waals surface area contributed by atoms with E-state index in [2.05, 4.69) is 0 Å². The van der Waals surface area contributed by atoms with Crippen LogP contribution in [0.1, 0.15) is 34.5 Å². The molecule has 0 saturated carbocycles. The van der Waals surface area contributed by atoms with Crippen LogP contribution in [0.2, 0.25) is 5.02 Å². The SMILES string of the molecule is Cc1cc(Oc2ccc3nc(CCOc4ccc(CCC(=O)O)c(OCc5ccc(Cl)cc5)c4)n(C)c3c2)cc(C)c1N. The minimum Gasteiger partial charge on any atom is -0.493 e. The molecule has 0 amide bonds. The van der Waals surface area contributed by atoms with Gasteiger partial charge in [0.2, 0.25) is 0 Å². The molecule has 43 heavy (non-hydrogen) atoms. The van der Waals surface area contributed by atoms with Crippen LogP contribution in [0.5, 0.6) is 23.0 Å². The van der Waals surface area contributed by atoms with Crippen LogP contribution < -0.4 is 19.9 Å². The number of fused-ring (bicyclic) bond motifs is 1. The number of nitrogens with zero attached hydrogens (tertiary/aromatic N) is 2. The maximum Gasteiger partial charge on any atom is 0.303 e. The second-order valence-corrected chi connectivity index (χ2v) is 10.9. The summed E-state index contributed by atoms with van der Waals surface area (Å²) in [4.78, 5) is 16.0. The van der Waals surface area contributed by atoms with Gasteiger partial charge in [-0.1, -0.05) is 29.8 Å². The van der Waals surface area contributed by atoms with Crippen LogP contribution in [0.15, 0.2) is 72.8 Å². The van der Waals surface area contributed by atoms with Crippen molar-refractivity contribution in [1.29, 1.82) is 0 Å². The lowest BCUT2D eigenvalue weighted by Gasteiger charge is -2.14. The lowest BCUT2D eigenvalue weighted by Crippen LogP contribution is -2.07. The molecular formula is C34H34ClN3O5. The fraction of sp³-hybridized carbons (Fsp3) is 0.235. The molecule has 0 aliphatic carbocycles. The molecule has 1 heterocycles. The Balaban J connectivity index is 1.26. The molecule has 222 valence electrons. The van der Waals surface area contributed by atoms with Gasteiger partial charge in [-0.25, -0.2) is 4.98 Å². The van der Waals surface area contributed by atoms with Crippen molar-refractivity contribution in [1.82, 2.24) is 9.55 Å². The molecule has 0 fully saturated rings. The Morgan fingerprint density at radius 3 is 2.35 bits per heavy atom. The fourth-order valence-electron chi connectivity index (χ4n) is 4.85. The van der Waals surface area contributed by atoms with Gasteiger partial charge in [0.1, 0.15) is 35.4 Å². The summed E-state index contributed by atoms with van der Waals surface area (Å²) in [6.45, 7) is 4.66. The summed E-state index contributed by atoms with van der Waals surface area (Å²) in [6.07, 6.45) is 0.949. The number of halogens is 1. The Kier molecular flexibility index (Phi) is 9.07. The van der Waals surface area contributed by atoms with Gasteiger partial charge in [0, 0.05) is 42.7 Å². The third-order valence-electron chi connectivity index (χ3n) is 7.30. The summed E-state index contributed by atoms with van der Waals surface area (Å²) >= 11 is 5.99. The number of carbonyl (C=O) groups is 1. The smallest absolute Gasteiger partial charge is 0.303 e. The Morgan fingerprint density at radius 2 is 1.63 bits per heavy atom. The molecule has 0 atom stereocenters. The molecule has 9 heteroatoms. The molecule has 0 bridgehead atoms. The lowest BCUT2D eigenvalue weighted by molar-refractivity contribution is -0.136. The molecule has 8 nitrogen and oxygen atoms in total. The summed E-state index contributed by atoms with van der Waals surface area (Å²) in [6, 6.07) is 22.6. The van der Waals surface area contributed by atoms with E-state index in [0.717, 1.165) is 56.3 Å². The number of hydrogen-bond acceptors (Lipinski definition) is 6. The van der Waals surface area contributed by atoms with Crippen LogP contribution in [0.3, 0.4) is 0 Å². The van der Waals surface area contributed by atoms with E-state index < -0.39 is 5.97 Å². The molecule has 0 aliphatic rings. The van der Waals surface area contributed by atoms with E-state index >= 15 is 0 Å². The standard InChI is InChI=1S/C34H34ClN3O5/c1-21-16-28(17-22(2)34(21)36)43-27-11-12-29-30(18-27)38(3)32(37-29)14-15-41-26-10-6-24(7-13-33(39)40)31(19-26)42-20-23-4-8-25(35)9-5-23/h4-6,8-12,16-19H,7,13-15,20,36H2,1-3H3,(H,39,40). The number of benzene rings is 4. The summed E-state index contributed by atoms with van der Waals surface area (Å²) in [5.74, 6) is 2.70. The quantitative estimate of drug-likeness (QED) is 0.143. The molecular weight excluding hydrogens is 566 g/mol. The van der Waals surface area contributed by atoms with Crippen LogP contribution in [0.25, 0.3) is 11.0 Å².